The predicted octanol–water partition coefficient (Wildman–Crippen LogP) is 3.60. The molecule has 2 N–H and O–H groups in total. The predicted molar refractivity (Wildman–Crippen MR) is 86.8 cm³/mol. The highest BCUT2D eigenvalue weighted by Crippen LogP contribution is 2.31. The van der Waals surface area contributed by atoms with Gasteiger partial charge in [-0.1, -0.05) is 26.0 Å². The van der Waals surface area contributed by atoms with Gasteiger partial charge in [0.2, 0.25) is 0 Å². The Morgan fingerprint density at radius 3 is 2.52 bits per heavy atom. The second-order valence-corrected chi connectivity index (χ2v) is 5.87. The highest BCUT2D eigenvalue weighted by Gasteiger charge is 2.25. The molecule has 3 rings (SSSR count). The van der Waals surface area contributed by atoms with E-state index in [9.17, 15) is 4.79 Å². The van der Waals surface area contributed by atoms with Crippen molar-refractivity contribution in [2.45, 2.75) is 26.2 Å². The lowest BCUT2D eigenvalue weighted by molar-refractivity contribution is 0.0989. The molecule has 2 aromatic carbocycles. The summed E-state index contributed by atoms with van der Waals surface area (Å²) in [7, 11) is 0. The Kier molecular flexibility index (Phi) is 3.42. The molecule has 0 fully saturated rings. The summed E-state index contributed by atoms with van der Waals surface area (Å²) in [6, 6.07) is 13.7. The molecule has 0 radical (unpaired) electrons. The zero-order chi connectivity index (χ0) is 15.0. The first-order chi connectivity index (χ1) is 10.1. The van der Waals surface area contributed by atoms with Crippen LogP contribution < -0.4 is 10.6 Å². The summed E-state index contributed by atoms with van der Waals surface area (Å²) in [5, 5.41) is 0. The second-order valence-electron chi connectivity index (χ2n) is 5.87. The van der Waals surface area contributed by atoms with Crippen LogP contribution in [0.15, 0.2) is 42.5 Å². The standard InChI is InChI=1S/C18H20N2O/c1-12(2)13-3-5-14(6-4-13)18(21)20-10-9-15-11-16(19)7-8-17(15)20/h3-8,11-12H,9-10,19H2,1-2H3. The van der Waals surface area contributed by atoms with E-state index in [1.54, 1.807) is 0 Å². The van der Waals surface area contributed by atoms with Gasteiger partial charge in [0.05, 0.1) is 0 Å². The lowest BCUT2D eigenvalue weighted by atomic mass is 10.0. The molecule has 2 aromatic rings. The Morgan fingerprint density at radius 1 is 1.14 bits per heavy atom. The molecule has 0 spiro atoms. The number of benzene rings is 2. The first-order valence-corrected chi connectivity index (χ1v) is 7.36. The van der Waals surface area contributed by atoms with Gasteiger partial charge >= 0.3 is 0 Å². The van der Waals surface area contributed by atoms with E-state index in [2.05, 4.69) is 13.8 Å². The van der Waals surface area contributed by atoms with Crippen molar-refractivity contribution in [1.29, 1.82) is 0 Å². The molecule has 108 valence electrons. The molecule has 21 heavy (non-hydrogen) atoms. The lowest BCUT2D eigenvalue weighted by Gasteiger charge is -2.18. The van der Waals surface area contributed by atoms with Crippen LogP contribution in [-0.2, 0) is 6.42 Å². The third kappa shape index (κ3) is 2.51. The number of amides is 1. The number of nitrogens with zero attached hydrogens (tertiary/aromatic N) is 1. The largest absolute Gasteiger partial charge is 0.399 e. The van der Waals surface area contributed by atoms with Crippen molar-refractivity contribution in [1.82, 2.24) is 0 Å². The maximum Gasteiger partial charge on any atom is 0.258 e. The molecule has 3 nitrogen and oxygen atoms in total. The fourth-order valence-electron chi connectivity index (χ4n) is 2.80. The minimum Gasteiger partial charge on any atom is -0.399 e. The Hall–Kier alpha value is -2.29. The number of rotatable bonds is 2. The first kappa shape index (κ1) is 13.7. The van der Waals surface area contributed by atoms with Gasteiger partial charge in [0.25, 0.3) is 5.91 Å². The topological polar surface area (TPSA) is 46.3 Å². The molecule has 0 unspecified atom stereocenters. The molecule has 1 aliphatic heterocycles. The first-order valence-electron chi connectivity index (χ1n) is 7.36. The molecule has 0 bridgehead atoms. The van der Waals surface area contributed by atoms with Gasteiger partial charge in [0.1, 0.15) is 0 Å². The number of nitrogens with two attached hydrogens (primary N) is 1. The Bertz CT molecular complexity index is 674. The Morgan fingerprint density at radius 2 is 1.86 bits per heavy atom. The van der Waals surface area contributed by atoms with Gasteiger partial charge in [-0.3, -0.25) is 4.79 Å². The van der Waals surface area contributed by atoms with Crippen LogP contribution in [0.1, 0.15) is 41.3 Å². The number of carbonyl (C=O) groups excluding carboxylic acids is 1. The molecule has 0 saturated carbocycles. The van der Waals surface area contributed by atoms with E-state index in [1.807, 2.05) is 47.4 Å². The molecule has 1 heterocycles. The fraction of sp³-hybridized carbons (Fsp3) is 0.278. The molecule has 0 atom stereocenters. The van der Waals surface area contributed by atoms with Crippen molar-refractivity contribution in [3.63, 3.8) is 0 Å². The number of nitrogen functional groups attached to an aromatic ring is 1. The van der Waals surface area contributed by atoms with Crippen molar-refractivity contribution in [2.24, 2.45) is 0 Å². The molecular weight excluding hydrogens is 260 g/mol. The van der Waals surface area contributed by atoms with Crippen LogP contribution in [0, 0.1) is 0 Å². The summed E-state index contributed by atoms with van der Waals surface area (Å²) in [6.07, 6.45) is 0.871. The Labute approximate surface area is 125 Å². The Balaban J connectivity index is 1.87. The van der Waals surface area contributed by atoms with Gasteiger partial charge in [0.15, 0.2) is 0 Å². The summed E-state index contributed by atoms with van der Waals surface area (Å²) in [5.41, 5.74) is 10.7. The van der Waals surface area contributed by atoms with Crippen molar-refractivity contribution in [2.75, 3.05) is 17.2 Å². The zero-order valence-electron chi connectivity index (χ0n) is 12.5. The van der Waals surface area contributed by atoms with Gasteiger partial charge < -0.3 is 10.6 Å². The summed E-state index contributed by atoms with van der Waals surface area (Å²) in [5.74, 6) is 0.540. The molecule has 1 aliphatic rings. The maximum absolute atomic E-state index is 12.7. The number of carbonyl (C=O) groups is 1. The van der Waals surface area contributed by atoms with Crippen molar-refractivity contribution in [3.8, 4) is 0 Å². The lowest BCUT2D eigenvalue weighted by Crippen LogP contribution is -2.28. The maximum atomic E-state index is 12.7. The average Bonchev–Trinajstić information content (AvgIpc) is 2.89. The van der Waals surface area contributed by atoms with Crippen LogP contribution in [0.2, 0.25) is 0 Å². The van der Waals surface area contributed by atoms with Gasteiger partial charge in [-0.15, -0.1) is 0 Å². The van der Waals surface area contributed by atoms with Gasteiger partial charge in [-0.2, -0.15) is 0 Å². The van der Waals surface area contributed by atoms with E-state index in [1.165, 1.54) is 5.56 Å². The fourth-order valence-corrected chi connectivity index (χ4v) is 2.80. The molecule has 0 saturated heterocycles. The van der Waals surface area contributed by atoms with E-state index in [0.717, 1.165) is 35.5 Å². The highest BCUT2D eigenvalue weighted by atomic mass is 16.2. The quantitative estimate of drug-likeness (QED) is 0.854. The number of anilines is 2. The van der Waals surface area contributed by atoms with Crippen LogP contribution in [0.25, 0.3) is 0 Å². The number of hydrogen-bond donors (Lipinski definition) is 1. The van der Waals surface area contributed by atoms with Crippen LogP contribution in [-0.4, -0.2) is 12.5 Å². The van der Waals surface area contributed by atoms with Gasteiger partial charge in [0, 0.05) is 23.5 Å². The van der Waals surface area contributed by atoms with Crippen LogP contribution >= 0.6 is 0 Å². The minimum atomic E-state index is 0.0637. The SMILES string of the molecule is CC(C)c1ccc(C(=O)N2CCc3cc(N)ccc32)cc1. The van der Waals surface area contributed by atoms with Crippen LogP contribution in [0.5, 0.6) is 0 Å². The molecule has 3 heteroatoms. The summed E-state index contributed by atoms with van der Waals surface area (Å²) in [6.45, 7) is 5.03. The number of hydrogen-bond acceptors (Lipinski definition) is 2. The smallest absolute Gasteiger partial charge is 0.258 e. The molecule has 0 aliphatic carbocycles. The van der Waals surface area contributed by atoms with E-state index in [-0.39, 0.29) is 5.91 Å². The van der Waals surface area contributed by atoms with Crippen molar-refractivity contribution in [3.05, 3.63) is 59.2 Å². The van der Waals surface area contributed by atoms with Crippen molar-refractivity contribution < 1.29 is 4.79 Å². The third-order valence-electron chi connectivity index (χ3n) is 4.07. The second kappa shape index (κ2) is 5.24. The molecule has 0 aromatic heterocycles. The third-order valence-corrected chi connectivity index (χ3v) is 4.07. The van der Waals surface area contributed by atoms with E-state index in [4.69, 9.17) is 5.73 Å². The van der Waals surface area contributed by atoms with E-state index >= 15 is 0 Å². The van der Waals surface area contributed by atoms with E-state index < -0.39 is 0 Å². The molecular formula is C18H20N2O. The normalized spacial score (nSPS) is 13.6. The van der Waals surface area contributed by atoms with Crippen LogP contribution in [0.4, 0.5) is 11.4 Å². The van der Waals surface area contributed by atoms with E-state index in [0.29, 0.717) is 5.92 Å². The van der Waals surface area contributed by atoms with Crippen molar-refractivity contribution >= 4 is 17.3 Å². The van der Waals surface area contributed by atoms with Crippen LogP contribution in [0.3, 0.4) is 0 Å². The minimum absolute atomic E-state index is 0.0637. The average molecular weight is 280 g/mol. The van der Waals surface area contributed by atoms with Gasteiger partial charge in [-0.05, 0) is 53.8 Å². The highest BCUT2D eigenvalue weighted by molar-refractivity contribution is 6.07. The zero-order valence-corrected chi connectivity index (χ0v) is 12.5. The monoisotopic (exact) mass is 280 g/mol. The summed E-state index contributed by atoms with van der Waals surface area (Å²) < 4.78 is 0. The summed E-state index contributed by atoms with van der Waals surface area (Å²) in [4.78, 5) is 14.5. The molecule has 1 amide bonds. The number of fused-ring (bicyclic) bond motifs is 1. The van der Waals surface area contributed by atoms with Gasteiger partial charge in [-0.25, -0.2) is 0 Å². The summed E-state index contributed by atoms with van der Waals surface area (Å²) >= 11 is 0.